The van der Waals surface area contributed by atoms with Crippen LogP contribution in [0.2, 0.25) is 0 Å². The predicted molar refractivity (Wildman–Crippen MR) is 75.1 cm³/mol. The first-order chi connectivity index (χ1) is 10.3. The fourth-order valence-corrected chi connectivity index (χ4v) is 2.46. The van der Waals surface area contributed by atoms with E-state index in [0.717, 1.165) is 23.5 Å². The van der Waals surface area contributed by atoms with Crippen LogP contribution in [0.15, 0.2) is 36.4 Å². The molecule has 0 saturated carbocycles. The van der Waals surface area contributed by atoms with E-state index in [-0.39, 0.29) is 15.4 Å². The molecule has 1 N–H and O–H groups in total. The Morgan fingerprint density at radius 2 is 1.82 bits per heavy atom. The highest BCUT2D eigenvalue weighted by molar-refractivity contribution is 7.16. The van der Waals surface area contributed by atoms with Gasteiger partial charge < -0.3 is 10.1 Å². The molecule has 0 fully saturated rings. The average Bonchev–Trinajstić information content (AvgIpc) is 2.95. The number of rotatable bonds is 3. The van der Waals surface area contributed by atoms with E-state index in [9.17, 15) is 22.8 Å². The summed E-state index contributed by atoms with van der Waals surface area (Å²) in [6, 6.07) is 7.12. The van der Waals surface area contributed by atoms with Crippen LogP contribution in [0.4, 0.5) is 18.9 Å². The maximum atomic E-state index is 12.6. The number of alkyl halides is 3. The highest BCUT2D eigenvalue weighted by Gasteiger charge is 2.30. The zero-order valence-electron chi connectivity index (χ0n) is 11.2. The summed E-state index contributed by atoms with van der Waals surface area (Å²) in [5.41, 5.74) is -0.834. The maximum absolute atomic E-state index is 12.6. The topological polar surface area (TPSA) is 55.4 Å². The molecule has 0 saturated heterocycles. The van der Waals surface area contributed by atoms with Crippen molar-refractivity contribution in [1.82, 2.24) is 0 Å². The van der Waals surface area contributed by atoms with Crippen molar-refractivity contribution < 1.29 is 27.5 Å². The number of hydrogen-bond acceptors (Lipinski definition) is 4. The third-order valence-corrected chi connectivity index (χ3v) is 3.73. The summed E-state index contributed by atoms with van der Waals surface area (Å²) >= 11 is 0.894. The molecule has 0 aliphatic rings. The van der Waals surface area contributed by atoms with Gasteiger partial charge in [-0.2, -0.15) is 13.2 Å². The van der Waals surface area contributed by atoms with Crippen LogP contribution in [0.5, 0.6) is 0 Å². The minimum Gasteiger partial charge on any atom is -0.465 e. The first kappa shape index (κ1) is 16.0. The largest absolute Gasteiger partial charge is 0.465 e. The molecular weight excluding hydrogens is 319 g/mol. The molecule has 1 heterocycles. The van der Waals surface area contributed by atoms with Gasteiger partial charge in [0.2, 0.25) is 0 Å². The molecule has 2 rings (SSSR count). The zero-order valence-corrected chi connectivity index (χ0v) is 12.0. The molecule has 2 aromatic rings. The van der Waals surface area contributed by atoms with Crippen molar-refractivity contribution in [3.63, 3.8) is 0 Å². The van der Waals surface area contributed by atoms with Crippen LogP contribution in [0.3, 0.4) is 0 Å². The fraction of sp³-hybridized carbons (Fsp3) is 0.143. The lowest BCUT2D eigenvalue weighted by atomic mass is 10.2. The van der Waals surface area contributed by atoms with Gasteiger partial charge in [-0.1, -0.05) is 6.07 Å². The van der Waals surface area contributed by atoms with Crippen molar-refractivity contribution in [3.05, 3.63) is 51.7 Å². The quantitative estimate of drug-likeness (QED) is 0.871. The van der Waals surface area contributed by atoms with Crippen LogP contribution in [-0.2, 0) is 10.9 Å². The second-order valence-electron chi connectivity index (χ2n) is 4.19. The summed E-state index contributed by atoms with van der Waals surface area (Å²) in [4.78, 5) is 23.7. The number of nitrogens with one attached hydrogen (secondary N) is 1. The standard InChI is InChI=1S/C14H10F3NO3S/c1-21-13(20)11-6-5-10(22-11)12(19)18-9-4-2-3-8(7-9)14(15,16)17/h2-7H,1H3,(H,18,19). The van der Waals surface area contributed by atoms with E-state index in [0.29, 0.717) is 0 Å². The molecular formula is C14H10F3NO3S. The van der Waals surface area contributed by atoms with Gasteiger partial charge in [-0.25, -0.2) is 4.79 Å². The Kier molecular flexibility index (Phi) is 4.51. The van der Waals surface area contributed by atoms with Crippen LogP contribution in [0.1, 0.15) is 24.9 Å². The van der Waals surface area contributed by atoms with Gasteiger partial charge in [0.1, 0.15) is 4.88 Å². The molecule has 4 nitrogen and oxygen atoms in total. The Hall–Kier alpha value is -2.35. The number of methoxy groups -OCH3 is 1. The summed E-state index contributed by atoms with van der Waals surface area (Å²) in [7, 11) is 1.21. The molecule has 0 spiro atoms. The minimum atomic E-state index is -4.48. The average molecular weight is 329 g/mol. The first-order valence-corrected chi connectivity index (χ1v) is 6.79. The summed E-state index contributed by atoms with van der Waals surface area (Å²) < 4.78 is 42.3. The lowest BCUT2D eigenvalue weighted by Crippen LogP contribution is -2.11. The lowest BCUT2D eigenvalue weighted by Gasteiger charge is -2.09. The third kappa shape index (κ3) is 3.64. The summed E-state index contributed by atoms with van der Waals surface area (Å²) in [5, 5.41) is 2.36. The number of anilines is 1. The van der Waals surface area contributed by atoms with E-state index in [1.165, 1.54) is 31.4 Å². The van der Waals surface area contributed by atoms with Gasteiger partial charge in [-0.3, -0.25) is 4.79 Å². The smallest absolute Gasteiger partial charge is 0.416 e. The van der Waals surface area contributed by atoms with E-state index in [1.807, 2.05) is 0 Å². The van der Waals surface area contributed by atoms with Crippen LogP contribution >= 0.6 is 11.3 Å². The van der Waals surface area contributed by atoms with Crippen molar-refractivity contribution in [3.8, 4) is 0 Å². The lowest BCUT2D eigenvalue weighted by molar-refractivity contribution is -0.137. The zero-order chi connectivity index (χ0) is 16.3. The predicted octanol–water partition coefficient (Wildman–Crippen LogP) is 3.81. The Morgan fingerprint density at radius 3 is 2.45 bits per heavy atom. The van der Waals surface area contributed by atoms with Crippen molar-refractivity contribution in [1.29, 1.82) is 0 Å². The van der Waals surface area contributed by atoms with Gasteiger partial charge in [0.05, 0.1) is 17.6 Å². The van der Waals surface area contributed by atoms with Gasteiger partial charge >= 0.3 is 12.1 Å². The van der Waals surface area contributed by atoms with E-state index >= 15 is 0 Å². The normalized spacial score (nSPS) is 11.1. The highest BCUT2D eigenvalue weighted by atomic mass is 32.1. The Morgan fingerprint density at radius 1 is 1.14 bits per heavy atom. The van der Waals surface area contributed by atoms with Crippen LogP contribution in [0, 0.1) is 0 Å². The molecule has 1 amide bonds. The second-order valence-corrected chi connectivity index (χ2v) is 5.27. The van der Waals surface area contributed by atoms with Gasteiger partial charge in [0.15, 0.2) is 0 Å². The number of ether oxygens (including phenoxy) is 1. The number of halogens is 3. The molecule has 0 aliphatic carbocycles. The molecule has 1 aromatic heterocycles. The summed E-state index contributed by atoms with van der Waals surface area (Å²) in [6.45, 7) is 0. The monoisotopic (exact) mass is 329 g/mol. The van der Waals surface area contributed by atoms with Crippen molar-refractivity contribution in [2.75, 3.05) is 12.4 Å². The number of carbonyl (C=O) groups excluding carboxylic acids is 2. The minimum absolute atomic E-state index is 0.0212. The number of benzene rings is 1. The van der Waals surface area contributed by atoms with Crippen LogP contribution in [0.25, 0.3) is 0 Å². The number of carbonyl (C=O) groups is 2. The molecule has 0 radical (unpaired) electrons. The molecule has 8 heteroatoms. The van der Waals surface area contributed by atoms with Gasteiger partial charge in [-0.05, 0) is 30.3 Å². The summed E-state index contributed by atoms with van der Waals surface area (Å²) in [6.07, 6.45) is -4.48. The maximum Gasteiger partial charge on any atom is 0.416 e. The van der Waals surface area contributed by atoms with Crippen molar-refractivity contribution in [2.24, 2.45) is 0 Å². The molecule has 0 bridgehead atoms. The van der Waals surface area contributed by atoms with E-state index in [2.05, 4.69) is 10.1 Å². The Labute approximate surface area is 127 Å². The number of esters is 1. The number of amides is 1. The fourth-order valence-electron chi connectivity index (χ4n) is 1.64. The van der Waals surface area contributed by atoms with E-state index in [4.69, 9.17) is 0 Å². The first-order valence-electron chi connectivity index (χ1n) is 5.98. The van der Waals surface area contributed by atoms with Crippen molar-refractivity contribution in [2.45, 2.75) is 6.18 Å². The molecule has 0 aliphatic heterocycles. The Bertz CT molecular complexity index is 709. The SMILES string of the molecule is COC(=O)c1ccc(C(=O)Nc2cccc(C(F)(F)F)c2)s1. The van der Waals surface area contributed by atoms with Crippen LogP contribution < -0.4 is 5.32 Å². The summed E-state index contributed by atoms with van der Waals surface area (Å²) in [5.74, 6) is -1.18. The molecule has 0 atom stereocenters. The number of thiophene rings is 1. The van der Waals surface area contributed by atoms with E-state index < -0.39 is 23.6 Å². The van der Waals surface area contributed by atoms with Crippen molar-refractivity contribution >= 4 is 28.9 Å². The molecule has 22 heavy (non-hydrogen) atoms. The number of hydrogen-bond donors (Lipinski definition) is 1. The van der Waals surface area contributed by atoms with Gasteiger partial charge in [0.25, 0.3) is 5.91 Å². The van der Waals surface area contributed by atoms with Gasteiger partial charge in [0, 0.05) is 5.69 Å². The third-order valence-electron chi connectivity index (χ3n) is 2.66. The highest BCUT2D eigenvalue weighted by Crippen LogP contribution is 2.30. The Balaban J connectivity index is 2.15. The molecule has 0 unspecified atom stereocenters. The molecule has 116 valence electrons. The van der Waals surface area contributed by atoms with Crippen LogP contribution in [-0.4, -0.2) is 19.0 Å². The van der Waals surface area contributed by atoms with Gasteiger partial charge in [-0.15, -0.1) is 11.3 Å². The van der Waals surface area contributed by atoms with E-state index in [1.54, 1.807) is 0 Å². The second kappa shape index (κ2) is 6.18. The molecule has 1 aromatic carbocycles.